The van der Waals surface area contributed by atoms with E-state index in [0.717, 1.165) is 18.4 Å². The zero-order valence-electron chi connectivity index (χ0n) is 18.5. The Hall–Kier alpha value is -1.79. The standard InChI is InChI=1S/C23H30Cl2N2O4/c1-5-17-19(18(28)11-12-26(17)22(30)31-23(2,3)4)21(29)27(15-9-10-15)13-14-7-6-8-16(24)20(14)25/h6-8,15,17,19H,5,9-13H2,1-4H3/t17-,19?/m1/s1. The van der Waals surface area contributed by atoms with E-state index in [1.165, 1.54) is 0 Å². The van der Waals surface area contributed by atoms with Crippen molar-refractivity contribution in [1.82, 2.24) is 9.80 Å². The third-order valence-electron chi connectivity index (χ3n) is 5.69. The number of piperidine rings is 1. The molecule has 6 nitrogen and oxygen atoms in total. The molecule has 0 N–H and O–H groups in total. The summed E-state index contributed by atoms with van der Waals surface area (Å²) in [5.74, 6) is -1.27. The molecule has 2 amide bonds. The summed E-state index contributed by atoms with van der Waals surface area (Å²) < 4.78 is 5.54. The molecular weight excluding hydrogens is 439 g/mol. The predicted octanol–water partition coefficient (Wildman–Crippen LogP) is 5.09. The maximum Gasteiger partial charge on any atom is 0.410 e. The summed E-state index contributed by atoms with van der Waals surface area (Å²) >= 11 is 12.5. The molecule has 31 heavy (non-hydrogen) atoms. The van der Waals surface area contributed by atoms with Crippen molar-refractivity contribution in [3.8, 4) is 0 Å². The number of Topliss-reactive ketones (excluding diaryl/α,β-unsaturated/α-hetero) is 1. The Bertz CT molecular complexity index is 864. The summed E-state index contributed by atoms with van der Waals surface area (Å²) in [6.45, 7) is 7.83. The predicted molar refractivity (Wildman–Crippen MR) is 120 cm³/mol. The Morgan fingerprint density at radius 1 is 1.23 bits per heavy atom. The fourth-order valence-corrected chi connectivity index (χ4v) is 4.44. The van der Waals surface area contributed by atoms with Crippen molar-refractivity contribution in [3.05, 3.63) is 33.8 Å². The molecule has 1 saturated carbocycles. The Balaban J connectivity index is 1.86. The molecule has 1 aromatic carbocycles. The molecule has 2 atom stereocenters. The molecule has 1 unspecified atom stereocenters. The Morgan fingerprint density at radius 2 is 1.90 bits per heavy atom. The van der Waals surface area contributed by atoms with Gasteiger partial charge in [-0.1, -0.05) is 42.3 Å². The lowest BCUT2D eigenvalue weighted by Crippen LogP contribution is -2.57. The number of rotatable bonds is 5. The van der Waals surface area contributed by atoms with Gasteiger partial charge in [-0.2, -0.15) is 0 Å². The largest absolute Gasteiger partial charge is 0.444 e. The molecule has 0 aromatic heterocycles. The van der Waals surface area contributed by atoms with Crippen molar-refractivity contribution < 1.29 is 19.1 Å². The molecule has 8 heteroatoms. The van der Waals surface area contributed by atoms with E-state index < -0.39 is 23.7 Å². The number of likely N-dealkylation sites (tertiary alicyclic amines) is 1. The Kier molecular flexibility index (Phi) is 7.21. The van der Waals surface area contributed by atoms with E-state index in [1.54, 1.807) is 42.7 Å². The van der Waals surface area contributed by atoms with E-state index in [-0.39, 0.29) is 37.2 Å². The van der Waals surface area contributed by atoms with Gasteiger partial charge in [0.05, 0.1) is 16.1 Å². The van der Waals surface area contributed by atoms with Crippen molar-refractivity contribution in [3.63, 3.8) is 0 Å². The summed E-state index contributed by atoms with van der Waals surface area (Å²) in [6.07, 6.45) is 1.91. The minimum Gasteiger partial charge on any atom is -0.444 e. The maximum atomic E-state index is 13.7. The molecule has 1 aliphatic heterocycles. The van der Waals surface area contributed by atoms with E-state index in [2.05, 4.69) is 0 Å². The van der Waals surface area contributed by atoms with Crippen LogP contribution in [0.1, 0.15) is 58.9 Å². The molecule has 0 bridgehead atoms. The average Bonchev–Trinajstić information content (AvgIpc) is 3.51. The van der Waals surface area contributed by atoms with E-state index in [4.69, 9.17) is 27.9 Å². The van der Waals surface area contributed by atoms with Gasteiger partial charge in [0.15, 0.2) is 0 Å². The fraction of sp³-hybridized carbons (Fsp3) is 0.609. The molecule has 1 aliphatic carbocycles. The second-order valence-corrected chi connectivity index (χ2v) is 10.0. The van der Waals surface area contributed by atoms with Crippen molar-refractivity contribution in [2.75, 3.05) is 6.54 Å². The summed E-state index contributed by atoms with van der Waals surface area (Å²) in [7, 11) is 0. The fourth-order valence-electron chi connectivity index (χ4n) is 4.06. The van der Waals surface area contributed by atoms with Gasteiger partial charge in [-0.15, -0.1) is 0 Å². The zero-order chi connectivity index (χ0) is 22.9. The van der Waals surface area contributed by atoms with Crippen molar-refractivity contribution in [1.29, 1.82) is 0 Å². The van der Waals surface area contributed by atoms with E-state index >= 15 is 0 Å². The zero-order valence-corrected chi connectivity index (χ0v) is 20.0. The van der Waals surface area contributed by atoms with Crippen LogP contribution in [0.5, 0.6) is 0 Å². The highest BCUT2D eigenvalue weighted by Gasteiger charge is 2.47. The van der Waals surface area contributed by atoms with Crippen LogP contribution in [0.15, 0.2) is 18.2 Å². The third kappa shape index (κ3) is 5.53. The first-order valence-corrected chi connectivity index (χ1v) is 11.5. The Morgan fingerprint density at radius 3 is 2.48 bits per heavy atom. The van der Waals surface area contributed by atoms with Gasteiger partial charge >= 0.3 is 6.09 Å². The normalized spacial score (nSPS) is 21.7. The van der Waals surface area contributed by atoms with Gasteiger partial charge in [0.1, 0.15) is 17.3 Å². The first kappa shape index (κ1) is 23.9. The lowest BCUT2D eigenvalue weighted by atomic mass is 9.85. The quantitative estimate of drug-likeness (QED) is 0.564. The summed E-state index contributed by atoms with van der Waals surface area (Å²) in [5.41, 5.74) is 0.0920. The number of carbonyl (C=O) groups excluding carboxylic acids is 3. The minimum atomic E-state index is -0.898. The Labute approximate surface area is 193 Å². The molecule has 1 aromatic rings. The molecule has 0 radical (unpaired) electrons. The first-order chi connectivity index (χ1) is 14.5. The monoisotopic (exact) mass is 468 g/mol. The highest BCUT2D eigenvalue weighted by atomic mass is 35.5. The molecule has 2 aliphatic rings. The number of ketones is 1. The van der Waals surface area contributed by atoms with Gasteiger partial charge in [0.25, 0.3) is 0 Å². The number of hydrogen-bond acceptors (Lipinski definition) is 4. The van der Waals surface area contributed by atoms with Gasteiger partial charge in [0, 0.05) is 25.6 Å². The van der Waals surface area contributed by atoms with Gasteiger partial charge < -0.3 is 14.5 Å². The van der Waals surface area contributed by atoms with Crippen LogP contribution in [-0.4, -0.2) is 51.8 Å². The van der Waals surface area contributed by atoms with Crippen molar-refractivity contribution in [2.45, 2.75) is 77.6 Å². The summed E-state index contributed by atoms with van der Waals surface area (Å²) in [4.78, 5) is 42.6. The maximum absolute atomic E-state index is 13.7. The first-order valence-electron chi connectivity index (χ1n) is 10.8. The summed E-state index contributed by atoms with van der Waals surface area (Å²) in [6, 6.07) is 4.88. The van der Waals surface area contributed by atoms with E-state index in [0.29, 0.717) is 16.5 Å². The molecule has 1 heterocycles. The van der Waals surface area contributed by atoms with Gasteiger partial charge in [-0.05, 0) is 51.7 Å². The number of nitrogens with zero attached hydrogens (tertiary/aromatic N) is 2. The number of benzene rings is 1. The number of carbonyl (C=O) groups is 3. The van der Waals surface area contributed by atoms with Gasteiger partial charge in [-0.25, -0.2) is 4.79 Å². The number of amides is 2. The van der Waals surface area contributed by atoms with Crippen LogP contribution in [0.25, 0.3) is 0 Å². The van der Waals surface area contributed by atoms with Crippen LogP contribution in [0, 0.1) is 5.92 Å². The smallest absolute Gasteiger partial charge is 0.410 e. The van der Waals surface area contributed by atoms with Gasteiger partial charge in [-0.3, -0.25) is 9.59 Å². The van der Waals surface area contributed by atoms with Crippen molar-refractivity contribution >= 4 is 41.0 Å². The van der Waals surface area contributed by atoms with Crippen LogP contribution in [0.4, 0.5) is 4.79 Å². The summed E-state index contributed by atoms with van der Waals surface area (Å²) in [5, 5.41) is 0.846. The molecular formula is C23H30Cl2N2O4. The van der Waals surface area contributed by atoms with Crippen LogP contribution in [0.3, 0.4) is 0 Å². The average molecular weight is 469 g/mol. The molecule has 0 spiro atoms. The van der Waals surface area contributed by atoms with Crippen LogP contribution in [-0.2, 0) is 20.9 Å². The van der Waals surface area contributed by atoms with Crippen LogP contribution in [0.2, 0.25) is 10.0 Å². The molecule has 170 valence electrons. The van der Waals surface area contributed by atoms with Gasteiger partial charge in [0.2, 0.25) is 5.91 Å². The SMILES string of the molecule is CC[C@@H]1C(C(=O)N(Cc2cccc(Cl)c2Cl)C2CC2)C(=O)CCN1C(=O)OC(C)(C)C. The van der Waals surface area contributed by atoms with Crippen molar-refractivity contribution in [2.24, 2.45) is 5.92 Å². The molecule has 3 rings (SSSR count). The topological polar surface area (TPSA) is 66.9 Å². The lowest BCUT2D eigenvalue weighted by molar-refractivity contribution is -0.147. The van der Waals surface area contributed by atoms with E-state index in [9.17, 15) is 14.4 Å². The van der Waals surface area contributed by atoms with Crippen LogP contribution >= 0.6 is 23.2 Å². The lowest BCUT2D eigenvalue weighted by Gasteiger charge is -2.41. The minimum absolute atomic E-state index is 0.0738. The van der Waals surface area contributed by atoms with Crippen LogP contribution < -0.4 is 0 Å². The number of halogens is 2. The van der Waals surface area contributed by atoms with E-state index in [1.807, 2.05) is 13.0 Å². The molecule has 2 fully saturated rings. The second-order valence-electron chi connectivity index (χ2n) is 9.25. The number of hydrogen-bond donors (Lipinski definition) is 0. The second kappa shape index (κ2) is 9.37. The highest BCUT2D eigenvalue weighted by Crippen LogP contribution is 2.35. The molecule has 1 saturated heterocycles. The third-order valence-corrected chi connectivity index (χ3v) is 6.54. The highest BCUT2D eigenvalue weighted by molar-refractivity contribution is 6.42. The number of ether oxygens (including phenoxy) is 1.